The number of hydrogen-bond acceptors (Lipinski definition) is 5. The van der Waals surface area contributed by atoms with E-state index in [-0.39, 0.29) is 16.7 Å². The molecule has 3 aromatic rings. The number of carbonyl (C=O) groups is 1. The molecule has 30 heavy (non-hydrogen) atoms. The van der Waals surface area contributed by atoms with Crippen molar-refractivity contribution in [3.05, 3.63) is 50.1 Å². The van der Waals surface area contributed by atoms with Gasteiger partial charge in [0.05, 0.1) is 10.6 Å². The highest BCUT2D eigenvalue weighted by molar-refractivity contribution is 8.00. The third-order valence-electron chi connectivity index (χ3n) is 5.55. The Kier molecular flexibility index (Phi) is 6.02. The van der Waals surface area contributed by atoms with Crippen LogP contribution in [0.2, 0.25) is 0 Å². The van der Waals surface area contributed by atoms with Gasteiger partial charge in [0.2, 0.25) is 5.91 Å². The van der Waals surface area contributed by atoms with Gasteiger partial charge in [-0.25, -0.2) is 4.98 Å². The molecule has 5 nitrogen and oxygen atoms in total. The molecule has 1 aliphatic carbocycles. The summed E-state index contributed by atoms with van der Waals surface area (Å²) in [4.78, 5) is 35.4. The summed E-state index contributed by atoms with van der Waals surface area (Å²) in [5, 5.41) is 3.95. The molecule has 0 aliphatic heterocycles. The van der Waals surface area contributed by atoms with Gasteiger partial charge in [0.25, 0.3) is 5.56 Å². The fraction of sp³-hybridized carbons (Fsp3) is 0.435. The Morgan fingerprint density at radius 2 is 2.07 bits per heavy atom. The molecule has 2 unspecified atom stereocenters. The van der Waals surface area contributed by atoms with Gasteiger partial charge in [0.1, 0.15) is 4.83 Å². The number of anilines is 1. The number of fused-ring (bicyclic) bond motifs is 3. The first-order valence-corrected chi connectivity index (χ1v) is 12.1. The third kappa shape index (κ3) is 4.32. The average molecular weight is 442 g/mol. The Labute approximate surface area is 184 Å². The Morgan fingerprint density at radius 1 is 1.33 bits per heavy atom. The molecule has 2 heterocycles. The van der Waals surface area contributed by atoms with Crippen molar-refractivity contribution in [2.45, 2.75) is 63.8 Å². The number of nitrogens with one attached hydrogen (secondary N) is 2. The number of thiophene rings is 1. The molecule has 0 bridgehead atoms. The smallest absolute Gasteiger partial charge is 0.260 e. The first-order valence-electron chi connectivity index (χ1n) is 10.4. The van der Waals surface area contributed by atoms with E-state index in [1.165, 1.54) is 22.2 Å². The van der Waals surface area contributed by atoms with Crippen LogP contribution >= 0.6 is 23.1 Å². The Morgan fingerprint density at radius 3 is 2.77 bits per heavy atom. The first-order chi connectivity index (χ1) is 14.3. The molecule has 158 valence electrons. The van der Waals surface area contributed by atoms with Crippen molar-refractivity contribution in [1.82, 2.24) is 9.97 Å². The minimum Gasteiger partial charge on any atom is -0.325 e. The van der Waals surface area contributed by atoms with E-state index in [1.807, 2.05) is 32.9 Å². The van der Waals surface area contributed by atoms with Crippen LogP contribution in [-0.2, 0) is 17.6 Å². The zero-order valence-corrected chi connectivity index (χ0v) is 19.4. The van der Waals surface area contributed by atoms with Crippen molar-refractivity contribution in [1.29, 1.82) is 0 Å². The molecule has 0 radical (unpaired) electrons. The zero-order chi connectivity index (χ0) is 21.4. The number of thioether (sulfide) groups is 1. The van der Waals surface area contributed by atoms with E-state index in [1.54, 1.807) is 11.3 Å². The Balaban J connectivity index is 1.57. The van der Waals surface area contributed by atoms with Crippen LogP contribution in [0.15, 0.2) is 28.2 Å². The molecule has 0 saturated carbocycles. The van der Waals surface area contributed by atoms with Crippen LogP contribution in [-0.4, -0.2) is 21.1 Å². The molecule has 1 aromatic carbocycles. The van der Waals surface area contributed by atoms with E-state index in [2.05, 4.69) is 23.3 Å². The van der Waals surface area contributed by atoms with Crippen LogP contribution < -0.4 is 10.9 Å². The van der Waals surface area contributed by atoms with Crippen molar-refractivity contribution in [3.8, 4) is 0 Å². The van der Waals surface area contributed by atoms with Crippen LogP contribution in [0.25, 0.3) is 10.2 Å². The lowest BCUT2D eigenvalue weighted by Gasteiger charge is -2.17. The second kappa shape index (κ2) is 8.55. The van der Waals surface area contributed by atoms with Crippen molar-refractivity contribution < 1.29 is 4.79 Å². The van der Waals surface area contributed by atoms with E-state index in [4.69, 9.17) is 4.98 Å². The van der Waals surface area contributed by atoms with Gasteiger partial charge in [0.15, 0.2) is 5.16 Å². The molecular weight excluding hydrogens is 414 g/mol. The van der Waals surface area contributed by atoms with E-state index in [0.717, 1.165) is 46.3 Å². The van der Waals surface area contributed by atoms with Gasteiger partial charge in [0, 0.05) is 10.6 Å². The van der Waals surface area contributed by atoms with Crippen LogP contribution in [0.3, 0.4) is 0 Å². The lowest BCUT2D eigenvalue weighted by molar-refractivity contribution is -0.115. The number of amides is 1. The highest BCUT2D eigenvalue weighted by Crippen LogP contribution is 2.36. The summed E-state index contributed by atoms with van der Waals surface area (Å²) < 4.78 is 0. The van der Waals surface area contributed by atoms with Crippen molar-refractivity contribution in [3.63, 3.8) is 0 Å². The third-order valence-corrected chi connectivity index (χ3v) is 7.95. The summed E-state index contributed by atoms with van der Waals surface area (Å²) in [6, 6.07) is 6.00. The number of hydrogen-bond donors (Lipinski definition) is 2. The molecule has 2 aromatic heterocycles. The molecule has 0 fully saturated rings. The summed E-state index contributed by atoms with van der Waals surface area (Å²) in [5.74, 6) is 0.575. The number of nitrogens with zero attached hydrogens (tertiary/aromatic N) is 1. The Bertz CT molecular complexity index is 1140. The number of aromatic amines is 1. The minimum atomic E-state index is -0.332. The quantitative estimate of drug-likeness (QED) is 0.420. The molecule has 1 aliphatic rings. The van der Waals surface area contributed by atoms with E-state index >= 15 is 0 Å². The summed E-state index contributed by atoms with van der Waals surface area (Å²) >= 11 is 2.96. The molecule has 1 amide bonds. The molecular formula is C23H27N3O2S2. The maximum Gasteiger partial charge on any atom is 0.260 e. The van der Waals surface area contributed by atoms with Gasteiger partial charge in [-0.1, -0.05) is 31.7 Å². The lowest BCUT2D eigenvalue weighted by Crippen LogP contribution is -2.25. The molecule has 7 heteroatoms. The number of aryl methyl sites for hydroxylation is 3. The van der Waals surface area contributed by atoms with Crippen LogP contribution in [0.1, 0.15) is 48.3 Å². The topological polar surface area (TPSA) is 74.8 Å². The summed E-state index contributed by atoms with van der Waals surface area (Å²) in [5.41, 5.74) is 4.11. The van der Waals surface area contributed by atoms with Gasteiger partial charge >= 0.3 is 0 Å². The summed E-state index contributed by atoms with van der Waals surface area (Å²) in [6.45, 7) is 8.26. The van der Waals surface area contributed by atoms with Gasteiger partial charge in [-0.3, -0.25) is 9.59 Å². The van der Waals surface area contributed by atoms with Gasteiger partial charge in [-0.15, -0.1) is 11.3 Å². The first kappa shape index (κ1) is 21.1. The summed E-state index contributed by atoms with van der Waals surface area (Å²) in [7, 11) is 0. The SMILES string of the molecule is CCC(Sc1nc2sc3c(c2c(=O)[nH]1)CCC(C)C3)C(=O)Nc1cc(C)cc(C)c1. The standard InChI is InChI=1S/C23H27N3O2S2/c1-5-17(20(27)24-15-9-13(3)8-14(4)10-15)30-23-25-21(28)19-16-7-6-12(2)11-18(16)29-22(19)26-23/h8-10,12,17H,5-7,11H2,1-4H3,(H,24,27)(H,25,26,28). The predicted octanol–water partition coefficient (Wildman–Crippen LogP) is 5.24. The molecule has 0 spiro atoms. The molecule has 0 saturated heterocycles. The number of benzene rings is 1. The molecule has 2 atom stereocenters. The lowest BCUT2D eigenvalue weighted by atomic mass is 9.89. The molecule has 2 N–H and O–H groups in total. The van der Waals surface area contributed by atoms with Gasteiger partial charge in [-0.05, 0) is 74.3 Å². The zero-order valence-electron chi connectivity index (χ0n) is 17.8. The fourth-order valence-electron chi connectivity index (χ4n) is 4.11. The van der Waals surface area contributed by atoms with Crippen molar-refractivity contribution in [2.24, 2.45) is 5.92 Å². The second-order valence-electron chi connectivity index (χ2n) is 8.28. The number of H-pyrrole nitrogens is 1. The van der Waals surface area contributed by atoms with Crippen molar-refractivity contribution >= 4 is 44.9 Å². The number of aromatic nitrogens is 2. The maximum absolute atomic E-state index is 12.9. The van der Waals surface area contributed by atoms with E-state index in [0.29, 0.717) is 17.5 Å². The highest BCUT2D eigenvalue weighted by atomic mass is 32.2. The maximum atomic E-state index is 12.9. The van der Waals surface area contributed by atoms with Crippen LogP contribution in [0, 0.1) is 19.8 Å². The monoisotopic (exact) mass is 441 g/mol. The van der Waals surface area contributed by atoms with Crippen LogP contribution in [0.4, 0.5) is 5.69 Å². The van der Waals surface area contributed by atoms with Gasteiger partial charge < -0.3 is 10.3 Å². The van der Waals surface area contributed by atoms with E-state index in [9.17, 15) is 9.59 Å². The van der Waals surface area contributed by atoms with Crippen LogP contribution in [0.5, 0.6) is 0 Å². The highest BCUT2D eigenvalue weighted by Gasteiger charge is 2.25. The normalized spacial score (nSPS) is 17.0. The second-order valence-corrected chi connectivity index (χ2v) is 10.6. The predicted molar refractivity (Wildman–Crippen MR) is 126 cm³/mol. The van der Waals surface area contributed by atoms with Gasteiger partial charge in [-0.2, -0.15) is 0 Å². The summed E-state index contributed by atoms with van der Waals surface area (Å²) in [6.07, 6.45) is 3.73. The number of carbonyl (C=O) groups excluding carboxylic acids is 1. The Hall–Kier alpha value is -2.12. The fourth-order valence-corrected chi connectivity index (χ4v) is 6.45. The average Bonchev–Trinajstić information content (AvgIpc) is 3.02. The minimum absolute atomic E-state index is 0.0745. The number of rotatable bonds is 5. The van der Waals surface area contributed by atoms with E-state index < -0.39 is 0 Å². The molecule has 4 rings (SSSR count). The van der Waals surface area contributed by atoms with Crippen molar-refractivity contribution in [2.75, 3.05) is 5.32 Å². The largest absolute Gasteiger partial charge is 0.325 e.